The molecule has 0 bridgehead atoms. The zero-order chi connectivity index (χ0) is 22.2. The second-order valence-corrected chi connectivity index (χ2v) is 14.1. The molecule has 0 spiro atoms. The van der Waals surface area contributed by atoms with Gasteiger partial charge in [0.25, 0.3) is 0 Å². The average molecular weight is 489 g/mol. The molecule has 0 aliphatic carbocycles. The first-order valence-electron chi connectivity index (χ1n) is 8.56. The van der Waals surface area contributed by atoms with Gasteiger partial charge in [-0.05, 0) is 12.8 Å². The molecule has 1 radical (unpaired) electrons. The van der Waals surface area contributed by atoms with E-state index in [1.807, 2.05) is 0 Å². The van der Waals surface area contributed by atoms with Gasteiger partial charge in [-0.15, -0.1) is 0 Å². The summed E-state index contributed by atoms with van der Waals surface area (Å²) in [5, 5.41) is -3.03. The monoisotopic (exact) mass is 489 g/mol. The molecule has 169 valence electrons. The zero-order valence-corrected chi connectivity index (χ0v) is 18.7. The lowest BCUT2D eigenvalue weighted by Gasteiger charge is -2.19. The van der Waals surface area contributed by atoms with Gasteiger partial charge in [0.05, 0.1) is 0 Å². The van der Waals surface area contributed by atoms with Gasteiger partial charge in [0.2, 0.25) is 5.40 Å². The van der Waals surface area contributed by atoms with Crippen molar-refractivity contribution >= 4 is 30.4 Å². The molecule has 0 atom stereocenters. The Morgan fingerprint density at radius 2 is 0.857 bits per heavy atom. The van der Waals surface area contributed by atoms with Gasteiger partial charge < -0.3 is 39.1 Å². The van der Waals surface area contributed by atoms with Gasteiger partial charge in [-0.25, -0.2) is 0 Å². The molecule has 0 aliphatic rings. The van der Waals surface area contributed by atoms with Crippen LogP contribution in [-0.4, -0.2) is 44.5 Å². The Hall–Kier alpha value is 0.600. The van der Waals surface area contributed by atoms with Crippen molar-refractivity contribution in [1.29, 1.82) is 0 Å². The fourth-order valence-corrected chi connectivity index (χ4v) is 7.53. The second kappa shape index (κ2) is 11.8. The van der Waals surface area contributed by atoms with Crippen LogP contribution in [0.4, 0.5) is 0 Å². The van der Waals surface area contributed by atoms with Crippen molar-refractivity contribution in [3.8, 4) is 0 Å². The third-order valence-corrected chi connectivity index (χ3v) is 11.3. The minimum Gasteiger partial charge on any atom is -0.324 e. The molecule has 0 aromatic rings. The lowest BCUT2D eigenvalue weighted by Crippen LogP contribution is -2.09. The fraction of sp³-hybridized carbons (Fsp3) is 0.917. The summed E-state index contributed by atoms with van der Waals surface area (Å²) in [6.45, 7) is 0. The van der Waals surface area contributed by atoms with Gasteiger partial charge in [-0.1, -0.05) is 51.4 Å². The molecule has 16 heteroatoms. The summed E-state index contributed by atoms with van der Waals surface area (Å²) < 4.78 is 44.4. The zero-order valence-electron chi connectivity index (χ0n) is 15.1. The highest BCUT2D eigenvalue weighted by Gasteiger charge is 2.44. The SMILES string of the molecule is O=P(O)(O)[C](CCCCCCCCCCC(P(=O)(O)O)P(=O)(O)O)P(=O)(O)O. The molecule has 0 saturated carbocycles. The van der Waals surface area contributed by atoms with Gasteiger partial charge in [0, 0.05) is 0 Å². The maximum atomic E-state index is 11.1. The first-order chi connectivity index (χ1) is 12.5. The summed E-state index contributed by atoms with van der Waals surface area (Å²) in [5.74, 6) is 0. The van der Waals surface area contributed by atoms with E-state index in [-0.39, 0.29) is 25.7 Å². The van der Waals surface area contributed by atoms with Crippen LogP contribution < -0.4 is 0 Å². The van der Waals surface area contributed by atoms with Crippen molar-refractivity contribution in [3.63, 3.8) is 0 Å². The summed E-state index contributed by atoms with van der Waals surface area (Å²) in [4.78, 5) is 71.8. The summed E-state index contributed by atoms with van der Waals surface area (Å²) >= 11 is 0. The topological polar surface area (TPSA) is 230 Å². The van der Waals surface area contributed by atoms with Crippen LogP contribution in [0.1, 0.15) is 64.2 Å². The quantitative estimate of drug-likeness (QED) is 0.122. The molecule has 8 N–H and O–H groups in total. The van der Waals surface area contributed by atoms with Crippen molar-refractivity contribution in [2.24, 2.45) is 0 Å². The Bertz CT molecular complexity index is 543. The largest absolute Gasteiger partial charge is 0.345 e. The van der Waals surface area contributed by atoms with E-state index in [0.717, 1.165) is 12.8 Å². The Morgan fingerprint density at radius 1 is 0.536 bits per heavy atom. The van der Waals surface area contributed by atoms with Crippen molar-refractivity contribution in [1.82, 2.24) is 0 Å². The van der Waals surface area contributed by atoms with Gasteiger partial charge in [0.1, 0.15) is 0 Å². The summed E-state index contributed by atoms with van der Waals surface area (Å²) in [5.41, 5.74) is 0. The van der Waals surface area contributed by atoms with Crippen LogP contribution in [0.15, 0.2) is 0 Å². The van der Waals surface area contributed by atoms with Crippen LogP contribution in [0.2, 0.25) is 0 Å². The Kier molecular flexibility index (Phi) is 12.1. The second-order valence-electron chi connectivity index (χ2n) is 6.53. The van der Waals surface area contributed by atoms with Gasteiger partial charge in [-0.3, -0.25) is 18.3 Å². The lowest BCUT2D eigenvalue weighted by atomic mass is 10.1. The summed E-state index contributed by atoms with van der Waals surface area (Å²) in [7, 11) is -19.7. The minimum atomic E-state index is -4.96. The highest BCUT2D eigenvalue weighted by molar-refractivity contribution is 7.75. The number of unbranched alkanes of at least 4 members (excludes halogenated alkanes) is 7. The average Bonchev–Trinajstić information content (AvgIpc) is 2.42. The smallest absolute Gasteiger partial charge is 0.324 e. The van der Waals surface area contributed by atoms with E-state index < -0.39 is 41.2 Å². The number of hydrogen-bond acceptors (Lipinski definition) is 4. The minimum absolute atomic E-state index is 0.220. The van der Waals surface area contributed by atoms with E-state index >= 15 is 0 Å². The normalized spacial score (nSPS) is 14.2. The number of rotatable bonds is 15. The lowest BCUT2D eigenvalue weighted by molar-refractivity contribution is 0.332. The van der Waals surface area contributed by atoms with E-state index in [9.17, 15) is 18.3 Å². The Labute approximate surface area is 163 Å². The summed E-state index contributed by atoms with van der Waals surface area (Å²) in [6.07, 6.45) is 3.71. The molecule has 0 fully saturated rings. The Balaban J connectivity index is 3.97. The molecule has 0 aromatic heterocycles. The molecule has 0 unspecified atom stereocenters. The van der Waals surface area contributed by atoms with Crippen molar-refractivity contribution < 1.29 is 57.4 Å². The third kappa shape index (κ3) is 12.3. The third-order valence-electron chi connectivity index (χ3n) is 4.06. The fourth-order valence-electron chi connectivity index (χ4n) is 2.66. The first-order valence-corrected chi connectivity index (χ1v) is 15.1. The molecule has 0 aliphatic heterocycles. The van der Waals surface area contributed by atoms with Crippen LogP contribution in [0.25, 0.3) is 0 Å². The van der Waals surface area contributed by atoms with Crippen LogP contribution >= 0.6 is 30.4 Å². The molecule has 0 aromatic carbocycles. The van der Waals surface area contributed by atoms with Crippen molar-refractivity contribution in [2.45, 2.75) is 69.6 Å². The molecular formula is C12H29O12P4. The Morgan fingerprint density at radius 3 is 1.18 bits per heavy atom. The summed E-state index contributed by atoms with van der Waals surface area (Å²) in [6, 6.07) is 0. The molecule has 28 heavy (non-hydrogen) atoms. The van der Waals surface area contributed by atoms with Crippen molar-refractivity contribution in [3.05, 3.63) is 5.40 Å². The maximum absolute atomic E-state index is 11.1. The van der Waals surface area contributed by atoms with E-state index in [4.69, 9.17) is 39.1 Å². The van der Waals surface area contributed by atoms with Crippen LogP contribution in [0.5, 0.6) is 0 Å². The molecule has 0 rings (SSSR count). The van der Waals surface area contributed by atoms with Gasteiger partial charge >= 0.3 is 30.4 Å². The van der Waals surface area contributed by atoms with Gasteiger partial charge in [-0.2, -0.15) is 0 Å². The van der Waals surface area contributed by atoms with E-state index in [2.05, 4.69) is 0 Å². The van der Waals surface area contributed by atoms with Crippen LogP contribution in [0.3, 0.4) is 0 Å². The standard InChI is InChI=1S/C12H29O12P4/c13-25(14,15)11(26(16,17)18)9-7-5-3-1-2-4-6-8-10-12(27(19,20)21)28(22,23)24/h11H,1-10H2,(H2,13,14,15)(H2,16,17,18)(H2,19,20,21)(H2,22,23,24). The van der Waals surface area contributed by atoms with E-state index in [1.165, 1.54) is 0 Å². The van der Waals surface area contributed by atoms with Crippen LogP contribution in [-0.2, 0) is 18.3 Å². The van der Waals surface area contributed by atoms with Crippen LogP contribution in [0, 0.1) is 5.40 Å². The molecule has 0 saturated heterocycles. The highest BCUT2D eigenvalue weighted by atomic mass is 31.2. The number of hydrogen-bond donors (Lipinski definition) is 8. The van der Waals surface area contributed by atoms with Crippen molar-refractivity contribution in [2.75, 3.05) is 0 Å². The predicted octanol–water partition coefficient (Wildman–Crippen LogP) is 2.41. The van der Waals surface area contributed by atoms with E-state index in [0.29, 0.717) is 25.7 Å². The molecular weight excluding hydrogens is 460 g/mol. The maximum Gasteiger partial charge on any atom is 0.345 e. The molecule has 12 nitrogen and oxygen atoms in total. The predicted molar refractivity (Wildman–Crippen MR) is 101 cm³/mol. The first kappa shape index (κ1) is 28.6. The molecule has 0 amide bonds. The molecule has 0 heterocycles. The van der Waals surface area contributed by atoms with Gasteiger partial charge in [0.15, 0.2) is 5.40 Å². The van der Waals surface area contributed by atoms with E-state index in [1.54, 1.807) is 0 Å². The highest BCUT2D eigenvalue weighted by Crippen LogP contribution is 2.68.